The second-order valence-electron chi connectivity index (χ2n) is 5.96. The standard InChI is InChI=1S/C19H22Cl2N2/c1-2-14-3-5-15(6-4-14)19(23-11-9-22-10-12-23)16-7-8-17(20)18(21)13-16/h3-8,13,19,22H,2,9-12H2,1H3. The molecule has 1 fully saturated rings. The molecular formula is C19H22Cl2N2. The quantitative estimate of drug-likeness (QED) is 0.871. The largest absolute Gasteiger partial charge is 0.314 e. The van der Waals surface area contributed by atoms with Gasteiger partial charge in [-0.15, -0.1) is 0 Å². The Morgan fingerprint density at radius 1 is 0.957 bits per heavy atom. The topological polar surface area (TPSA) is 15.3 Å². The van der Waals surface area contributed by atoms with Gasteiger partial charge in [-0.2, -0.15) is 0 Å². The second-order valence-corrected chi connectivity index (χ2v) is 6.77. The number of piperazine rings is 1. The fraction of sp³-hybridized carbons (Fsp3) is 0.368. The van der Waals surface area contributed by atoms with Gasteiger partial charge in [-0.1, -0.05) is 60.5 Å². The average Bonchev–Trinajstić information content (AvgIpc) is 2.60. The third kappa shape index (κ3) is 3.89. The summed E-state index contributed by atoms with van der Waals surface area (Å²) in [6, 6.07) is 15.2. The summed E-state index contributed by atoms with van der Waals surface area (Å²) < 4.78 is 0. The Labute approximate surface area is 148 Å². The molecule has 0 aliphatic carbocycles. The zero-order valence-corrected chi connectivity index (χ0v) is 14.9. The molecule has 1 unspecified atom stereocenters. The van der Waals surface area contributed by atoms with E-state index in [1.54, 1.807) is 0 Å². The molecule has 2 aromatic rings. The van der Waals surface area contributed by atoms with Crippen molar-refractivity contribution in [3.05, 3.63) is 69.2 Å². The van der Waals surface area contributed by atoms with E-state index in [0.29, 0.717) is 10.0 Å². The lowest BCUT2D eigenvalue weighted by atomic mass is 9.95. The Kier molecular flexibility index (Phi) is 5.60. The van der Waals surface area contributed by atoms with Crippen LogP contribution in [0.1, 0.15) is 29.7 Å². The van der Waals surface area contributed by atoms with Crippen LogP contribution < -0.4 is 5.32 Å². The third-order valence-electron chi connectivity index (χ3n) is 4.48. The van der Waals surface area contributed by atoms with Gasteiger partial charge in [-0.3, -0.25) is 4.90 Å². The monoisotopic (exact) mass is 348 g/mol. The van der Waals surface area contributed by atoms with Gasteiger partial charge in [0.15, 0.2) is 0 Å². The Hall–Kier alpha value is -1.06. The van der Waals surface area contributed by atoms with Crippen LogP contribution in [0, 0.1) is 0 Å². The molecule has 1 saturated heterocycles. The molecule has 23 heavy (non-hydrogen) atoms. The van der Waals surface area contributed by atoms with E-state index in [-0.39, 0.29) is 6.04 Å². The van der Waals surface area contributed by atoms with E-state index in [9.17, 15) is 0 Å². The van der Waals surface area contributed by atoms with Crippen molar-refractivity contribution in [1.29, 1.82) is 0 Å². The van der Waals surface area contributed by atoms with Crippen LogP contribution >= 0.6 is 23.2 Å². The molecule has 0 radical (unpaired) electrons. The Balaban J connectivity index is 1.99. The molecule has 2 nitrogen and oxygen atoms in total. The Morgan fingerprint density at radius 3 is 2.22 bits per heavy atom. The molecular weight excluding hydrogens is 327 g/mol. The first-order valence-corrected chi connectivity index (χ1v) is 8.93. The molecule has 1 N–H and O–H groups in total. The van der Waals surface area contributed by atoms with Crippen molar-refractivity contribution in [3.8, 4) is 0 Å². The molecule has 122 valence electrons. The Bertz CT molecular complexity index is 649. The third-order valence-corrected chi connectivity index (χ3v) is 5.22. The molecule has 0 bridgehead atoms. The lowest BCUT2D eigenvalue weighted by Gasteiger charge is -2.35. The van der Waals surface area contributed by atoms with Crippen LogP contribution in [-0.2, 0) is 6.42 Å². The zero-order chi connectivity index (χ0) is 16.2. The number of benzene rings is 2. The van der Waals surface area contributed by atoms with Crippen LogP contribution in [0.4, 0.5) is 0 Å². The predicted molar refractivity (Wildman–Crippen MR) is 98.6 cm³/mol. The fourth-order valence-corrected chi connectivity index (χ4v) is 3.48. The molecule has 1 atom stereocenters. The first-order valence-electron chi connectivity index (χ1n) is 8.17. The molecule has 0 amide bonds. The van der Waals surface area contributed by atoms with Crippen LogP contribution in [-0.4, -0.2) is 31.1 Å². The van der Waals surface area contributed by atoms with E-state index in [2.05, 4.69) is 47.5 Å². The van der Waals surface area contributed by atoms with Crippen LogP contribution in [0.3, 0.4) is 0 Å². The summed E-state index contributed by atoms with van der Waals surface area (Å²) in [5.41, 5.74) is 3.87. The van der Waals surface area contributed by atoms with Crippen molar-refractivity contribution in [3.63, 3.8) is 0 Å². The number of nitrogens with one attached hydrogen (secondary N) is 1. The van der Waals surface area contributed by atoms with Crippen molar-refractivity contribution in [2.24, 2.45) is 0 Å². The maximum atomic E-state index is 6.27. The smallest absolute Gasteiger partial charge is 0.0603 e. The first kappa shape index (κ1) is 16.8. The molecule has 0 spiro atoms. The summed E-state index contributed by atoms with van der Waals surface area (Å²) >= 11 is 12.4. The number of rotatable bonds is 4. The lowest BCUT2D eigenvalue weighted by Crippen LogP contribution is -2.45. The maximum absolute atomic E-state index is 6.27. The van der Waals surface area contributed by atoms with Gasteiger partial charge in [0.05, 0.1) is 16.1 Å². The summed E-state index contributed by atoms with van der Waals surface area (Å²) in [5.74, 6) is 0. The van der Waals surface area contributed by atoms with Gasteiger partial charge in [0.25, 0.3) is 0 Å². The van der Waals surface area contributed by atoms with E-state index in [4.69, 9.17) is 23.2 Å². The molecule has 1 aliphatic rings. The van der Waals surface area contributed by atoms with E-state index in [0.717, 1.165) is 32.6 Å². The number of hydrogen-bond donors (Lipinski definition) is 1. The fourth-order valence-electron chi connectivity index (χ4n) is 3.17. The maximum Gasteiger partial charge on any atom is 0.0603 e. The first-order chi connectivity index (χ1) is 11.2. The average molecular weight is 349 g/mol. The van der Waals surface area contributed by atoms with Crippen molar-refractivity contribution >= 4 is 23.2 Å². The van der Waals surface area contributed by atoms with Gasteiger partial charge in [0.2, 0.25) is 0 Å². The summed E-state index contributed by atoms with van der Waals surface area (Å²) in [4.78, 5) is 2.51. The van der Waals surface area contributed by atoms with Crippen molar-refractivity contribution < 1.29 is 0 Å². The van der Waals surface area contributed by atoms with E-state index in [1.807, 2.05) is 12.1 Å². The minimum atomic E-state index is 0.220. The van der Waals surface area contributed by atoms with Gasteiger partial charge >= 0.3 is 0 Å². The number of nitrogens with zero attached hydrogens (tertiary/aromatic N) is 1. The van der Waals surface area contributed by atoms with Crippen LogP contribution in [0.5, 0.6) is 0 Å². The summed E-state index contributed by atoms with van der Waals surface area (Å²) in [7, 11) is 0. The van der Waals surface area contributed by atoms with Crippen LogP contribution in [0.15, 0.2) is 42.5 Å². The molecule has 2 aromatic carbocycles. The summed E-state index contributed by atoms with van der Waals surface area (Å²) in [6.07, 6.45) is 1.06. The molecule has 1 aliphatic heterocycles. The Morgan fingerprint density at radius 2 is 1.61 bits per heavy atom. The van der Waals surface area contributed by atoms with E-state index >= 15 is 0 Å². The highest BCUT2D eigenvalue weighted by Gasteiger charge is 2.24. The lowest BCUT2D eigenvalue weighted by molar-refractivity contribution is 0.198. The van der Waals surface area contributed by atoms with Crippen LogP contribution in [0.2, 0.25) is 10.0 Å². The van der Waals surface area contributed by atoms with Gasteiger partial charge in [-0.05, 0) is 35.2 Å². The zero-order valence-electron chi connectivity index (χ0n) is 13.4. The van der Waals surface area contributed by atoms with Gasteiger partial charge in [0.1, 0.15) is 0 Å². The van der Waals surface area contributed by atoms with Crippen molar-refractivity contribution in [2.75, 3.05) is 26.2 Å². The van der Waals surface area contributed by atoms with E-state index in [1.165, 1.54) is 16.7 Å². The highest BCUT2D eigenvalue weighted by molar-refractivity contribution is 6.42. The van der Waals surface area contributed by atoms with E-state index < -0.39 is 0 Å². The van der Waals surface area contributed by atoms with Gasteiger partial charge in [0, 0.05) is 26.2 Å². The molecule has 0 aromatic heterocycles. The molecule has 0 saturated carbocycles. The highest BCUT2D eigenvalue weighted by atomic mass is 35.5. The number of halogens is 2. The highest BCUT2D eigenvalue weighted by Crippen LogP contribution is 2.33. The van der Waals surface area contributed by atoms with Crippen molar-refractivity contribution in [1.82, 2.24) is 10.2 Å². The molecule has 1 heterocycles. The summed E-state index contributed by atoms with van der Waals surface area (Å²) in [5, 5.41) is 4.65. The minimum Gasteiger partial charge on any atom is -0.314 e. The number of hydrogen-bond acceptors (Lipinski definition) is 2. The van der Waals surface area contributed by atoms with Gasteiger partial charge in [-0.25, -0.2) is 0 Å². The van der Waals surface area contributed by atoms with Crippen LogP contribution in [0.25, 0.3) is 0 Å². The predicted octanol–water partition coefficient (Wildman–Crippen LogP) is 4.55. The number of aryl methyl sites for hydroxylation is 1. The van der Waals surface area contributed by atoms with Gasteiger partial charge < -0.3 is 5.32 Å². The van der Waals surface area contributed by atoms with Crippen molar-refractivity contribution in [2.45, 2.75) is 19.4 Å². The SMILES string of the molecule is CCc1ccc(C(c2ccc(Cl)c(Cl)c2)N2CCNCC2)cc1. The summed E-state index contributed by atoms with van der Waals surface area (Å²) in [6.45, 7) is 6.28. The normalized spacial score (nSPS) is 17.2. The minimum absolute atomic E-state index is 0.220. The molecule has 3 rings (SSSR count). The second kappa shape index (κ2) is 7.67. The molecule has 4 heteroatoms.